The van der Waals surface area contributed by atoms with E-state index in [0.29, 0.717) is 0 Å². The highest BCUT2D eigenvalue weighted by molar-refractivity contribution is 6.17. The Kier molecular flexibility index (Phi) is 3.02. The van der Waals surface area contributed by atoms with E-state index in [0.717, 1.165) is 18.2 Å². The van der Waals surface area contributed by atoms with Gasteiger partial charge in [0.15, 0.2) is 0 Å². The summed E-state index contributed by atoms with van der Waals surface area (Å²) in [6.07, 6.45) is -4.42. The Morgan fingerprint density at radius 1 is 1.36 bits per heavy atom. The van der Waals surface area contributed by atoms with E-state index < -0.39 is 11.7 Å². The summed E-state index contributed by atoms with van der Waals surface area (Å²) in [5, 5.41) is 8.48. The number of hydrogen-bond acceptors (Lipinski definition) is 1. The van der Waals surface area contributed by atoms with E-state index in [1.165, 1.54) is 0 Å². The van der Waals surface area contributed by atoms with Crippen molar-refractivity contribution in [3.05, 3.63) is 34.9 Å². The van der Waals surface area contributed by atoms with Gasteiger partial charge in [0.2, 0.25) is 0 Å². The molecule has 0 aromatic heterocycles. The van der Waals surface area contributed by atoms with Gasteiger partial charge in [-0.3, -0.25) is 0 Å². The van der Waals surface area contributed by atoms with Crippen LogP contribution >= 0.6 is 11.6 Å². The van der Waals surface area contributed by atoms with E-state index in [9.17, 15) is 13.2 Å². The number of nitriles is 1. The molecule has 0 radical (unpaired) electrons. The van der Waals surface area contributed by atoms with Crippen LogP contribution in [0, 0.1) is 11.3 Å². The summed E-state index contributed by atoms with van der Waals surface area (Å²) in [5.41, 5.74) is -0.682. The van der Waals surface area contributed by atoms with Gasteiger partial charge in [-0.15, -0.1) is 11.6 Å². The molecule has 0 bridgehead atoms. The van der Waals surface area contributed by atoms with Gasteiger partial charge < -0.3 is 0 Å². The Morgan fingerprint density at radius 3 is 2.43 bits per heavy atom. The molecule has 0 aliphatic rings. The van der Waals surface area contributed by atoms with Crippen LogP contribution in [-0.4, -0.2) is 0 Å². The molecule has 0 aliphatic carbocycles. The number of alkyl halides is 4. The molecule has 1 nitrogen and oxygen atoms in total. The molecule has 0 fully saturated rings. The predicted octanol–water partition coefficient (Wildman–Crippen LogP) is 3.32. The number of halogens is 4. The molecule has 74 valence electrons. The van der Waals surface area contributed by atoms with Crippen LogP contribution in [-0.2, 0) is 12.1 Å². The van der Waals surface area contributed by atoms with Crippen molar-refractivity contribution in [1.29, 1.82) is 5.26 Å². The average molecular weight is 220 g/mol. The van der Waals surface area contributed by atoms with E-state index in [1.807, 2.05) is 0 Å². The van der Waals surface area contributed by atoms with Gasteiger partial charge in [-0.2, -0.15) is 18.4 Å². The molecule has 0 N–H and O–H groups in total. The van der Waals surface area contributed by atoms with Crippen LogP contribution in [0.5, 0.6) is 0 Å². The van der Waals surface area contributed by atoms with E-state index in [2.05, 4.69) is 0 Å². The van der Waals surface area contributed by atoms with Crippen LogP contribution in [0.4, 0.5) is 13.2 Å². The summed E-state index contributed by atoms with van der Waals surface area (Å²) < 4.78 is 37.0. The third-order valence-electron chi connectivity index (χ3n) is 1.68. The van der Waals surface area contributed by atoms with Crippen LogP contribution in [0.1, 0.15) is 16.7 Å². The highest BCUT2D eigenvalue weighted by Crippen LogP contribution is 2.32. The van der Waals surface area contributed by atoms with Crippen molar-refractivity contribution in [2.45, 2.75) is 12.1 Å². The van der Waals surface area contributed by atoms with Gasteiger partial charge in [0.05, 0.1) is 17.2 Å². The Bertz CT molecular complexity index is 379. The summed E-state index contributed by atoms with van der Waals surface area (Å²) in [6.45, 7) is 0. The summed E-state index contributed by atoms with van der Waals surface area (Å²) >= 11 is 5.36. The third kappa shape index (κ3) is 2.18. The average Bonchev–Trinajstić information content (AvgIpc) is 2.15. The molecule has 1 rings (SSSR count). The van der Waals surface area contributed by atoms with Crippen LogP contribution in [0.3, 0.4) is 0 Å². The molecule has 0 saturated carbocycles. The smallest absolute Gasteiger partial charge is 0.192 e. The van der Waals surface area contributed by atoms with Crippen LogP contribution < -0.4 is 0 Å². The second-order valence-electron chi connectivity index (χ2n) is 2.62. The third-order valence-corrected chi connectivity index (χ3v) is 1.97. The van der Waals surface area contributed by atoms with Gasteiger partial charge in [-0.05, 0) is 23.8 Å². The molecule has 0 saturated heterocycles. The summed E-state index contributed by atoms with van der Waals surface area (Å²) in [4.78, 5) is 0. The maximum atomic E-state index is 12.3. The van der Waals surface area contributed by atoms with Gasteiger partial charge in [0.1, 0.15) is 0 Å². The van der Waals surface area contributed by atoms with Crippen molar-refractivity contribution in [2.24, 2.45) is 0 Å². The fourth-order valence-corrected chi connectivity index (χ4v) is 1.27. The normalized spacial score (nSPS) is 11.1. The first-order valence-corrected chi connectivity index (χ1v) is 4.18. The SMILES string of the molecule is N#Cc1ccc(C(F)(F)F)c(CCl)c1. The minimum absolute atomic E-state index is 0.0711. The van der Waals surface area contributed by atoms with E-state index in [-0.39, 0.29) is 17.0 Å². The van der Waals surface area contributed by atoms with E-state index in [1.54, 1.807) is 6.07 Å². The first kappa shape index (κ1) is 10.9. The fourth-order valence-electron chi connectivity index (χ4n) is 1.05. The molecule has 5 heteroatoms. The van der Waals surface area contributed by atoms with Crippen molar-refractivity contribution in [1.82, 2.24) is 0 Å². The van der Waals surface area contributed by atoms with Crippen LogP contribution in [0.25, 0.3) is 0 Å². The Hall–Kier alpha value is -1.21. The highest BCUT2D eigenvalue weighted by Gasteiger charge is 2.32. The molecule has 1 aromatic rings. The zero-order chi connectivity index (χ0) is 10.8. The van der Waals surface area contributed by atoms with Crippen molar-refractivity contribution in [3.63, 3.8) is 0 Å². The minimum Gasteiger partial charge on any atom is -0.192 e. The zero-order valence-corrected chi connectivity index (χ0v) is 7.65. The van der Waals surface area contributed by atoms with Crippen LogP contribution in [0.2, 0.25) is 0 Å². The van der Waals surface area contributed by atoms with Crippen molar-refractivity contribution < 1.29 is 13.2 Å². The number of benzene rings is 1. The molecular weight excluding hydrogens is 215 g/mol. The maximum Gasteiger partial charge on any atom is 0.416 e. The molecular formula is C9H5ClF3N. The van der Waals surface area contributed by atoms with E-state index in [4.69, 9.17) is 16.9 Å². The molecule has 0 aliphatic heterocycles. The van der Waals surface area contributed by atoms with Crippen LogP contribution in [0.15, 0.2) is 18.2 Å². The van der Waals surface area contributed by atoms with Gasteiger partial charge in [-0.1, -0.05) is 0 Å². The largest absolute Gasteiger partial charge is 0.416 e. The molecule has 0 heterocycles. The Morgan fingerprint density at radius 2 is 2.00 bits per heavy atom. The first-order chi connectivity index (χ1) is 6.49. The van der Waals surface area contributed by atoms with Gasteiger partial charge in [-0.25, -0.2) is 0 Å². The summed E-state index contributed by atoms with van der Waals surface area (Å²) in [5.74, 6) is -0.260. The lowest BCUT2D eigenvalue weighted by molar-refractivity contribution is -0.138. The molecule has 0 spiro atoms. The molecule has 1 aromatic carbocycles. The second kappa shape index (κ2) is 3.89. The Balaban J connectivity index is 3.27. The Labute approximate surface area is 83.7 Å². The molecule has 0 amide bonds. The van der Waals surface area contributed by atoms with Crippen molar-refractivity contribution >= 4 is 11.6 Å². The molecule has 0 atom stereocenters. The first-order valence-electron chi connectivity index (χ1n) is 3.65. The van der Waals surface area contributed by atoms with Gasteiger partial charge in [0, 0.05) is 5.88 Å². The quantitative estimate of drug-likeness (QED) is 0.665. The van der Waals surface area contributed by atoms with Gasteiger partial charge >= 0.3 is 6.18 Å². The predicted molar refractivity (Wildman–Crippen MR) is 45.7 cm³/mol. The maximum absolute atomic E-state index is 12.3. The molecule has 14 heavy (non-hydrogen) atoms. The number of nitrogens with zero attached hydrogens (tertiary/aromatic N) is 1. The molecule has 0 unspecified atom stereocenters. The van der Waals surface area contributed by atoms with Crippen molar-refractivity contribution in [2.75, 3.05) is 0 Å². The lowest BCUT2D eigenvalue weighted by Gasteiger charge is -2.10. The lowest BCUT2D eigenvalue weighted by atomic mass is 10.1. The van der Waals surface area contributed by atoms with Gasteiger partial charge in [0.25, 0.3) is 0 Å². The summed E-state index contributed by atoms with van der Waals surface area (Å²) in [7, 11) is 0. The fraction of sp³-hybridized carbons (Fsp3) is 0.222. The minimum atomic E-state index is -4.42. The van der Waals surface area contributed by atoms with Crippen molar-refractivity contribution in [3.8, 4) is 6.07 Å². The monoisotopic (exact) mass is 219 g/mol. The lowest BCUT2D eigenvalue weighted by Crippen LogP contribution is -2.08. The zero-order valence-electron chi connectivity index (χ0n) is 6.90. The summed E-state index contributed by atoms with van der Waals surface area (Å²) in [6, 6.07) is 4.90. The second-order valence-corrected chi connectivity index (χ2v) is 2.88. The highest BCUT2D eigenvalue weighted by atomic mass is 35.5. The standard InChI is InChI=1S/C9H5ClF3N/c10-4-7-3-6(5-14)1-2-8(7)9(11,12)13/h1-3H,4H2. The number of rotatable bonds is 1. The topological polar surface area (TPSA) is 23.8 Å². The number of hydrogen-bond donors (Lipinski definition) is 0. The van der Waals surface area contributed by atoms with E-state index >= 15 is 0 Å².